The second-order valence-electron chi connectivity index (χ2n) is 6.18. The number of anilines is 2. The molecule has 0 unspecified atom stereocenters. The van der Waals surface area contributed by atoms with E-state index in [0.717, 1.165) is 5.82 Å². The zero-order chi connectivity index (χ0) is 16.2. The van der Waals surface area contributed by atoms with E-state index < -0.39 is 5.41 Å². The molecule has 1 rings (SSSR count). The third-order valence-corrected chi connectivity index (χ3v) is 3.09. The molecular weight excluding hydrogens is 268 g/mol. The molecule has 7 nitrogen and oxygen atoms in total. The molecule has 21 heavy (non-hydrogen) atoms. The summed E-state index contributed by atoms with van der Waals surface area (Å²) in [5.74, 6) is 2.01. The molecule has 0 atom stereocenters. The molecule has 0 aliphatic carbocycles. The number of rotatable bonds is 6. The van der Waals surface area contributed by atoms with E-state index in [1.54, 1.807) is 7.05 Å². The van der Waals surface area contributed by atoms with E-state index in [0.29, 0.717) is 18.4 Å². The topological polar surface area (TPSA) is 83.0 Å². The van der Waals surface area contributed by atoms with Crippen molar-refractivity contribution in [3.05, 3.63) is 5.82 Å². The lowest BCUT2D eigenvalue weighted by atomic mass is 9.92. The monoisotopic (exact) mass is 294 g/mol. The van der Waals surface area contributed by atoms with Crippen LogP contribution in [0.1, 0.15) is 39.4 Å². The van der Waals surface area contributed by atoms with E-state index in [9.17, 15) is 4.79 Å². The highest BCUT2D eigenvalue weighted by atomic mass is 16.2. The molecule has 1 aromatic rings. The first-order valence-electron chi connectivity index (χ1n) is 7.06. The fraction of sp³-hybridized carbons (Fsp3) is 0.714. The highest BCUT2D eigenvalue weighted by Gasteiger charge is 2.26. The van der Waals surface area contributed by atoms with Crippen LogP contribution in [0.5, 0.6) is 0 Å². The molecular formula is C14H26N6O. The molecule has 0 bridgehead atoms. The van der Waals surface area contributed by atoms with Crippen molar-refractivity contribution in [2.24, 2.45) is 5.41 Å². The lowest BCUT2D eigenvalue weighted by Crippen LogP contribution is -2.39. The number of carbonyl (C=O) groups is 1. The van der Waals surface area contributed by atoms with Crippen LogP contribution in [-0.4, -0.2) is 48.5 Å². The van der Waals surface area contributed by atoms with Crippen molar-refractivity contribution < 1.29 is 4.79 Å². The van der Waals surface area contributed by atoms with Gasteiger partial charge in [0.25, 0.3) is 0 Å². The molecule has 0 aliphatic heterocycles. The van der Waals surface area contributed by atoms with Crippen LogP contribution in [0, 0.1) is 5.41 Å². The van der Waals surface area contributed by atoms with E-state index in [1.165, 1.54) is 0 Å². The van der Waals surface area contributed by atoms with Crippen molar-refractivity contribution in [2.45, 2.75) is 33.6 Å². The average molecular weight is 294 g/mol. The van der Waals surface area contributed by atoms with E-state index in [1.807, 2.05) is 46.7 Å². The van der Waals surface area contributed by atoms with Crippen LogP contribution in [0.4, 0.5) is 11.9 Å². The summed E-state index contributed by atoms with van der Waals surface area (Å²) in [5.41, 5.74) is -0.544. The van der Waals surface area contributed by atoms with Crippen molar-refractivity contribution in [2.75, 3.05) is 37.9 Å². The van der Waals surface area contributed by atoms with Gasteiger partial charge >= 0.3 is 0 Å². The quantitative estimate of drug-likeness (QED) is 0.821. The first kappa shape index (κ1) is 17.1. The first-order chi connectivity index (χ1) is 9.67. The van der Waals surface area contributed by atoms with Crippen LogP contribution >= 0.6 is 0 Å². The Hall–Kier alpha value is -1.92. The Morgan fingerprint density at radius 1 is 1.24 bits per heavy atom. The molecule has 0 aromatic carbocycles. The van der Waals surface area contributed by atoms with Gasteiger partial charge in [0.2, 0.25) is 17.8 Å². The Morgan fingerprint density at radius 2 is 1.86 bits per heavy atom. The standard InChI is InChI=1S/C14H26N6O/c1-9(2)10-17-12(19-13(18-10)20(6)7)16-8-14(3,4)11(21)15-5/h9H,8H2,1-7H3,(H,15,21)(H,16,17,18,19). The summed E-state index contributed by atoms with van der Waals surface area (Å²) in [6.07, 6.45) is 0. The molecule has 0 aliphatic rings. The Kier molecular flexibility index (Phi) is 5.46. The summed E-state index contributed by atoms with van der Waals surface area (Å²) in [5, 5.41) is 5.80. The molecule has 1 heterocycles. The number of aromatic nitrogens is 3. The van der Waals surface area contributed by atoms with Crippen molar-refractivity contribution in [3.63, 3.8) is 0 Å². The maximum atomic E-state index is 11.8. The zero-order valence-corrected chi connectivity index (χ0v) is 14.0. The summed E-state index contributed by atoms with van der Waals surface area (Å²) < 4.78 is 0. The second kappa shape index (κ2) is 6.69. The Morgan fingerprint density at radius 3 is 2.33 bits per heavy atom. The van der Waals surface area contributed by atoms with Gasteiger partial charge in [0, 0.05) is 33.6 Å². The van der Waals surface area contributed by atoms with Crippen LogP contribution in [-0.2, 0) is 4.79 Å². The first-order valence-corrected chi connectivity index (χ1v) is 7.06. The molecule has 7 heteroatoms. The molecule has 118 valence electrons. The van der Waals surface area contributed by atoms with Crippen LogP contribution in [0.2, 0.25) is 0 Å². The molecule has 0 saturated carbocycles. The van der Waals surface area contributed by atoms with E-state index in [4.69, 9.17) is 0 Å². The predicted molar refractivity (Wildman–Crippen MR) is 84.6 cm³/mol. The van der Waals surface area contributed by atoms with Gasteiger partial charge in [-0.1, -0.05) is 13.8 Å². The number of hydrogen-bond donors (Lipinski definition) is 2. The molecule has 0 spiro atoms. The van der Waals surface area contributed by atoms with Crippen molar-refractivity contribution in [1.29, 1.82) is 0 Å². The predicted octanol–water partition coefficient (Wildman–Crippen LogP) is 1.25. The third-order valence-electron chi connectivity index (χ3n) is 3.09. The fourth-order valence-corrected chi connectivity index (χ4v) is 1.64. The largest absolute Gasteiger partial charge is 0.359 e. The van der Waals surface area contributed by atoms with Gasteiger partial charge in [-0.3, -0.25) is 4.79 Å². The average Bonchev–Trinajstić information content (AvgIpc) is 2.43. The van der Waals surface area contributed by atoms with Gasteiger partial charge in [0.05, 0.1) is 5.41 Å². The van der Waals surface area contributed by atoms with Gasteiger partial charge in [-0.2, -0.15) is 15.0 Å². The minimum absolute atomic E-state index is 0.0269. The van der Waals surface area contributed by atoms with Crippen LogP contribution in [0.15, 0.2) is 0 Å². The van der Waals surface area contributed by atoms with Gasteiger partial charge < -0.3 is 15.5 Å². The summed E-state index contributed by atoms with van der Waals surface area (Å²) >= 11 is 0. The number of carbonyl (C=O) groups excluding carboxylic acids is 1. The lowest BCUT2D eigenvalue weighted by Gasteiger charge is -2.23. The smallest absolute Gasteiger partial charge is 0.229 e. The highest BCUT2D eigenvalue weighted by molar-refractivity contribution is 5.82. The maximum absolute atomic E-state index is 11.8. The minimum Gasteiger partial charge on any atom is -0.359 e. The van der Waals surface area contributed by atoms with Gasteiger partial charge in [-0.15, -0.1) is 0 Å². The van der Waals surface area contributed by atoms with Crippen LogP contribution in [0.3, 0.4) is 0 Å². The van der Waals surface area contributed by atoms with Crippen molar-refractivity contribution >= 4 is 17.8 Å². The molecule has 0 saturated heterocycles. The second-order valence-corrected chi connectivity index (χ2v) is 6.18. The van der Waals surface area contributed by atoms with Crippen LogP contribution in [0.25, 0.3) is 0 Å². The van der Waals surface area contributed by atoms with Crippen molar-refractivity contribution in [3.8, 4) is 0 Å². The Bertz CT molecular complexity index is 472. The highest BCUT2D eigenvalue weighted by Crippen LogP contribution is 2.18. The Labute approximate surface area is 126 Å². The Balaban J connectivity index is 2.95. The minimum atomic E-state index is -0.544. The fourth-order valence-electron chi connectivity index (χ4n) is 1.64. The molecule has 1 amide bonds. The SMILES string of the molecule is CNC(=O)C(C)(C)CNc1nc(C(C)C)nc(N(C)C)n1. The number of amides is 1. The lowest BCUT2D eigenvalue weighted by molar-refractivity contribution is -0.128. The van der Waals surface area contributed by atoms with Crippen molar-refractivity contribution in [1.82, 2.24) is 20.3 Å². The summed E-state index contributed by atoms with van der Waals surface area (Å²) in [6, 6.07) is 0. The van der Waals surface area contributed by atoms with Gasteiger partial charge in [-0.05, 0) is 13.8 Å². The normalized spacial score (nSPS) is 11.4. The van der Waals surface area contributed by atoms with E-state index in [-0.39, 0.29) is 11.8 Å². The number of hydrogen-bond acceptors (Lipinski definition) is 6. The van der Waals surface area contributed by atoms with Gasteiger partial charge in [-0.25, -0.2) is 0 Å². The third kappa shape index (κ3) is 4.54. The van der Waals surface area contributed by atoms with E-state index in [2.05, 4.69) is 25.6 Å². The molecule has 0 fully saturated rings. The summed E-state index contributed by atoms with van der Waals surface area (Å²) in [7, 11) is 5.41. The summed E-state index contributed by atoms with van der Waals surface area (Å²) in [6.45, 7) is 8.26. The maximum Gasteiger partial charge on any atom is 0.229 e. The number of nitrogens with zero attached hydrogens (tertiary/aromatic N) is 4. The van der Waals surface area contributed by atoms with Gasteiger partial charge in [0.15, 0.2) is 0 Å². The van der Waals surface area contributed by atoms with E-state index >= 15 is 0 Å². The molecule has 1 aromatic heterocycles. The number of nitrogens with one attached hydrogen (secondary N) is 2. The molecule has 0 radical (unpaired) electrons. The van der Waals surface area contributed by atoms with Gasteiger partial charge in [0.1, 0.15) is 5.82 Å². The van der Waals surface area contributed by atoms with Crippen LogP contribution < -0.4 is 15.5 Å². The molecule has 2 N–H and O–H groups in total. The summed E-state index contributed by atoms with van der Waals surface area (Å²) in [4.78, 5) is 26.8. The zero-order valence-electron chi connectivity index (χ0n) is 14.0.